The van der Waals surface area contributed by atoms with Gasteiger partial charge in [-0.25, -0.2) is 9.96 Å². The molecule has 2 aromatic rings. The van der Waals surface area contributed by atoms with E-state index in [1.807, 2.05) is 45.9 Å². The van der Waals surface area contributed by atoms with Crippen LogP contribution in [-0.2, 0) is 4.84 Å². The minimum absolute atomic E-state index is 0.119. The van der Waals surface area contributed by atoms with Gasteiger partial charge in [-0.2, -0.15) is 0 Å². The third kappa shape index (κ3) is 3.41. The van der Waals surface area contributed by atoms with E-state index in [-0.39, 0.29) is 28.5 Å². The van der Waals surface area contributed by atoms with Gasteiger partial charge in [0.2, 0.25) is 0 Å². The fourth-order valence-corrected chi connectivity index (χ4v) is 3.93. The maximum Gasteiger partial charge on any atom is 0.278 e. The summed E-state index contributed by atoms with van der Waals surface area (Å²) in [5.41, 5.74) is 3.03. The lowest BCUT2D eigenvalue weighted by Crippen LogP contribution is -2.33. The van der Waals surface area contributed by atoms with Crippen LogP contribution in [-0.4, -0.2) is 36.4 Å². The summed E-state index contributed by atoms with van der Waals surface area (Å²) in [4.78, 5) is 46.3. The van der Waals surface area contributed by atoms with Gasteiger partial charge < -0.3 is 0 Å². The molecule has 0 aliphatic carbocycles. The summed E-state index contributed by atoms with van der Waals surface area (Å²) in [5.74, 6) is -1.08. The number of benzene rings is 2. The van der Waals surface area contributed by atoms with Crippen molar-refractivity contribution in [3.63, 3.8) is 0 Å². The summed E-state index contributed by atoms with van der Waals surface area (Å²) in [7, 11) is 1.40. The minimum Gasteiger partial charge on any atom is -0.274 e. The fraction of sp³-hybridized carbons (Fsp3) is 0.375. The van der Waals surface area contributed by atoms with E-state index < -0.39 is 17.7 Å². The average Bonchev–Trinajstić information content (AvgIpc) is 2.98. The number of imide groups is 1. The van der Waals surface area contributed by atoms with Crippen molar-refractivity contribution in [1.82, 2.24) is 5.06 Å². The van der Waals surface area contributed by atoms with Gasteiger partial charge in [-0.15, -0.1) is 0 Å². The van der Waals surface area contributed by atoms with Gasteiger partial charge in [0.25, 0.3) is 17.7 Å². The van der Waals surface area contributed by atoms with Crippen molar-refractivity contribution in [2.24, 2.45) is 0 Å². The Morgan fingerprint density at radius 1 is 0.967 bits per heavy atom. The predicted octanol–water partition coefficient (Wildman–Crippen LogP) is 4.76. The SMILES string of the molecule is CCN(OC)C(=O)c1cccc2c1C(=O)N(c1c(C(C)C)cccc1C(C)C)C2=O. The minimum atomic E-state index is -0.471. The number of carbonyl (C=O) groups excluding carboxylic acids is 3. The highest BCUT2D eigenvalue weighted by atomic mass is 16.7. The first kappa shape index (κ1) is 21.7. The van der Waals surface area contributed by atoms with E-state index in [2.05, 4.69) is 0 Å². The normalized spacial score (nSPS) is 13.4. The van der Waals surface area contributed by atoms with Crippen molar-refractivity contribution in [3.8, 4) is 0 Å². The molecule has 1 heterocycles. The lowest BCUT2D eigenvalue weighted by atomic mass is 9.92. The third-order valence-electron chi connectivity index (χ3n) is 5.45. The van der Waals surface area contributed by atoms with Crippen molar-refractivity contribution < 1.29 is 19.2 Å². The molecule has 1 aliphatic heterocycles. The van der Waals surface area contributed by atoms with Gasteiger partial charge in [-0.05, 0) is 42.0 Å². The molecule has 158 valence electrons. The Hall–Kier alpha value is -2.99. The monoisotopic (exact) mass is 408 g/mol. The largest absolute Gasteiger partial charge is 0.278 e. The van der Waals surface area contributed by atoms with E-state index >= 15 is 0 Å². The Morgan fingerprint density at radius 3 is 2.03 bits per heavy atom. The first-order valence-corrected chi connectivity index (χ1v) is 10.2. The zero-order valence-corrected chi connectivity index (χ0v) is 18.4. The quantitative estimate of drug-likeness (QED) is 0.511. The standard InChI is InChI=1S/C24H28N2O4/c1-7-25(30-6)22(27)18-12-9-13-19-20(18)24(29)26(23(19)28)21-16(14(2)3)10-8-11-17(21)15(4)5/h8-15H,7H2,1-6H3. The Bertz CT molecular complexity index is 980. The van der Waals surface area contributed by atoms with E-state index in [1.54, 1.807) is 25.1 Å². The maximum atomic E-state index is 13.6. The molecule has 3 rings (SSSR count). The lowest BCUT2D eigenvalue weighted by molar-refractivity contribution is -0.0915. The molecule has 0 unspecified atom stereocenters. The van der Waals surface area contributed by atoms with E-state index in [0.29, 0.717) is 12.2 Å². The van der Waals surface area contributed by atoms with Crippen LogP contribution in [0.4, 0.5) is 5.69 Å². The molecule has 6 nitrogen and oxygen atoms in total. The summed E-state index contributed by atoms with van der Waals surface area (Å²) < 4.78 is 0. The number of rotatable bonds is 6. The van der Waals surface area contributed by atoms with Crippen LogP contribution in [0.3, 0.4) is 0 Å². The number of carbonyl (C=O) groups is 3. The molecular weight excluding hydrogens is 380 g/mol. The fourth-order valence-electron chi connectivity index (χ4n) is 3.93. The van der Waals surface area contributed by atoms with Gasteiger partial charge in [-0.1, -0.05) is 52.0 Å². The zero-order chi connectivity index (χ0) is 22.2. The summed E-state index contributed by atoms with van der Waals surface area (Å²) >= 11 is 0. The highest BCUT2D eigenvalue weighted by molar-refractivity contribution is 6.36. The second-order valence-corrected chi connectivity index (χ2v) is 7.95. The summed E-state index contributed by atoms with van der Waals surface area (Å²) in [6.07, 6.45) is 0. The number of para-hydroxylation sites is 1. The van der Waals surface area contributed by atoms with Gasteiger partial charge in [0.05, 0.1) is 29.5 Å². The number of hydroxylamine groups is 2. The van der Waals surface area contributed by atoms with E-state index in [0.717, 1.165) is 16.2 Å². The topological polar surface area (TPSA) is 66.9 Å². The molecule has 0 atom stereocenters. The van der Waals surface area contributed by atoms with Crippen LogP contribution in [0.15, 0.2) is 36.4 Å². The maximum absolute atomic E-state index is 13.6. The van der Waals surface area contributed by atoms with E-state index in [1.165, 1.54) is 12.0 Å². The second-order valence-electron chi connectivity index (χ2n) is 7.95. The second kappa shape index (κ2) is 8.40. The van der Waals surface area contributed by atoms with Crippen molar-refractivity contribution in [1.29, 1.82) is 0 Å². The van der Waals surface area contributed by atoms with Gasteiger partial charge >= 0.3 is 0 Å². The number of hydrogen-bond acceptors (Lipinski definition) is 4. The van der Waals surface area contributed by atoms with Crippen molar-refractivity contribution >= 4 is 23.4 Å². The summed E-state index contributed by atoms with van der Waals surface area (Å²) in [5, 5.41) is 1.16. The molecule has 0 aromatic heterocycles. The van der Waals surface area contributed by atoms with Crippen LogP contribution in [0.2, 0.25) is 0 Å². The highest BCUT2D eigenvalue weighted by Crippen LogP contribution is 2.40. The van der Waals surface area contributed by atoms with Crippen LogP contribution < -0.4 is 4.90 Å². The molecule has 0 fully saturated rings. The van der Waals surface area contributed by atoms with Crippen molar-refractivity contribution in [2.45, 2.75) is 46.5 Å². The molecule has 6 heteroatoms. The van der Waals surface area contributed by atoms with Crippen molar-refractivity contribution in [2.75, 3.05) is 18.6 Å². The molecule has 0 saturated carbocycles. The molecule has 1 aliphatic rings. The number of amides is 3. The van der Waals surface area contributed by atoms with Crippen LogP contribution in [0, 0.1) is 0 Å². The van der Waals surface area contributed by atoms with Crippen LogP contribution >= 0.6 is 0 Å². The molecule has 0 saturated heterocycles. The zero-order valence-electron chi connectivity index (χ0n) is 18.4. The average molecular weight is 408 g/mol. The first-order valence-electron chi connectivity index (χ1n) is 10.2. The molecule has 0 bridgehead atoms. The van der Waals surface area contributed by atoms with Gasteiger partial charge in [0, 0.05) is 6.54 Å². The third-order valence-corrected chi connectivity index (χ3v) is 5.45. The number of nitrogens with zero attached hydrogens (tertiary/aromatic N) is 2. The van der Waals surface area contributed by atoms with Crippen LogP contribution in [0.5, 0.6) is 0 Å². The highest BCUT2D eigenvalue weighted by Gasteiger charge is 2.42. The van der Waals surface area contributed by atoms with Gasteiger partial charge in [0.1, 0.15) is 0 Å². The first-order chi connectivity index (χ1) is 14.2. The molecule has 2 aromatic carbocycles. The van der Waals surface area contributed by atoms with Crippen LogP contribution in [0.25, 0.3) is 0 Å². The Kier molecular flexibility index (Phi) is 6.08. The smallest absolute Gasteiger partial charge is 0.274 e. The summed E-state index contributed by atoms with van der Waals surface area (Å²) in [6, 6.07) is 10.6. The molecule has 0 N–H and O–H groups in total. The van der Waals surface area contributed by atoms with Gasteiger partial charge in [-0.3, -0.25) is 19.2 Å². The molecule has 0 spiro atoms. The van der Waals surface area contributed by atoms with E-state index in [4.69, 9.17) is 4.84 Å². The molecule has 0 radical (unpaired) electrons. The summed E-state index contributed by atoms with van der Waals surface area (Å²) in [6.45, 7) is 10.2. The molecule has 30 heavy (non-hydrogen) atoms. The molecular formula is C24H28N2O4. The Balaban J connectivity index is 2.21. The predicted molar refractivity (Wildman–Crippen MR) is 116 cm³/mol. The number of anilines is 1. The Morgan fingerprint density at radius 2 is 1.53 bits per heavy atom. The Labute approximate surface area is 177 Å². The number of fused-ring (bicyclic) bond motifs is 1. The number of hydrogen-bond donors (Lipinski definition) is 0. The van der Waals surface area contributed by atoms with Crippen molar-refractivity contribution in [3.05, 3.63) is 64.2 Å². The van der Waals surface area contributed by atoms with E-state index in [9.17, 15) is 14.4 Å². The van der Waals surface area contributed by atoms with Crippen LogP contribution in [0.1, 0.15) is 88.7 Å². The molecule has 3 amide bonds. The lowest BCUT2D eigenvalue weighted by Gasteiger charge is -2.25. The van der Waals surface area contributed by atoms with Gasteiger partial charge in [0.15, 0.2) is 0 Å².